The molecule has 0 saturated carbocycles. The molecule has 0 aliphatic rings. The molecule has 0 aromatic heterocycles. The fraction of sp³-hybridized carbons (Fsp3) is 0.429. The summed E-state index contributed by atoms with van der Waals surface area (Å²) in [4.78, 5) is 25.0. The van der Waals surface area contributed by atoms with Crippen LogP contribution in [0.25, 0.3) is 0 Å². The van der Waals surface area contributed by atoms with E-state index in [0.717, 1.165) is 6.54 Å². The lowest BCUT2D eigenvalue weighted by molar-refractivity contribution is 0.0698. The third-order valence-electron chi connectivity index (χ3n) is 3.09. The molecule has 6 nitrogen and oxygen atoms in total. The van der Waals surface area contributed by atoms with Crippen LogP contribution >= 0.6 is 15.9 Å². The molecule has 0 bridgehead atoms. The lowest BCUT2D eigenvalue weighted by Gasteiger charge is -2.21. The highest BCUT2D eigenvalue weighted by Crippen LogP contribution is 2.21. The molecule has 0 saturated heterocycles. The van der Waals surface area contributed by atoms with Crippen LogP contribution in [0.1, 0.15) is 24.2 Å². The van der Waals surface area contributed by atoms with Gasteiger partial charge in [-0.2, -0.15) is 0 Å². The van der Waals surface area contributed by atoms with E-state index in [1.807, 2.05) is 7.05 Å². The Hall–Kier alpha value is -1.60. The lowest BCUT2D eigenvalue weighted by atomic mass is 10.2. The van der Waals surface area contributed by atoms with Crippen LogP contribution in [0.4, 0.5) is 10.5 Å². The van der Waals surface area contributed by atoms with Crippen LogP contribution < -0.4 is 10.6 Å². The third-order valence-corrected chi connectivity index (χ3v) is 3.59. The highest BCUT2D eigenvalue weighted by Gasteiger charge is 2.13. The van der Waals surface area contributed by atoms with E-state index in [9.17, 15) is 9.59 Å². The Kier molecular flexibility index (Phi) is 6.64. The second kappa shape index (κ2) is 7.99. The standard InChI is InChI=1S/C14H20BrN3O3/c1-9(2)18(3)7-6-16-14(21)17-12-5-4-10(15)8-11(12)13(19)20/h4-5,8-9H,6-7H2,1-3H3,(H,19,20)(H2,16,17,21). The summed E-state index contributed by atoms with van der Waals surface area (Å²) in [6.07, 6.45) is 0. The van der Waals surface area contributed by atoms with Gasteiger partial charge in [-0.15, -0.1) is 0 Å². The van der Waals surface area contributed by atoms with Crippen molar-refractivity contribution in [2.75, 3.05) is 25.5 Å². The summed E-state index contributed by atoms with van der Waals surface area (Å²) in [5.74, 6) is -1.09. The van der Waals surface area contributed by atoms with Crippen molar-refractivity contribution in [1.82, 2.24) is 10.2 Å². The van der Waals surface area contributed by atoms with Crippen LogP contribution in [0.2, 0.25) is 0 Å². The highest BCUT2D eigenvalue weighted by atomic mass is 79.9. The molecular weight excluding hydrogens is 338 g/mol. The van der Waals surface area contributed by atoms with E-state index in [1.165, 1.54) is 6.07 Å². The molecule has 3 N–H and O–H groups in total. The average Bonchev–Trinajstić information content (AvgIpc) is 2.40. The molecule has 116 valence electrons. The van der Waals surface area contributed by atoms with Crippen LogP contribution in [0.3, 0.4) is 0 Å². The maximum atomic E-state index is 11.8. The number of likely N-dealkylation sites (N-methyl/N-ethyl adjacent to an activating group) is 1. The Morgan fingerprint density at radius 3 is 2.62 bits per heavy atom. The van der Waals surface area contributed by atoms with E-state index in [4.69, 9.17) is 5.11 Å². The van der Waals surface area contributed by atoms with Crippen molar-refractivity contribution in [3.63, 3.8) is 0 Å². The first-order valence-electron chi connectivity index (χ1n) is 6.59. The van der Waals surface area contributed by atoms with Crippen molar-refractivity contribution in [3.05, 3.63) is 28.2 Å². The van der Waals surface area contributed by atoms with Crippen LogP contribution in [0.5, 0.6) is 0 Å². The molecule has 0 unspecified atom stereocenters. The van der Waals surface area contributed by atoms with Gasteiger partial charge in [-0.25, -0.2) is 9.59 Å². The Labute approximate surface area is 132 Å². The number of hydrogen-bond donors (Lipinski definition) is 3. The number of anilines is 1. The summed E-state index contributed by atoms with van der Waals surface area (Å²) >= 11 is 3.21. The molecule has 0 radical (unpaired) electrons. The lowest BCUT2D eigenvalue weighted by Crippen LogP contribution is -2.38. The van der Waals surface area contributed by atoms with E-state index >= 15 is 0 Å². The van der Waals surface area contributed by atoms with E-state index < -0.39 is 12.0 Å². The SMILES string of the molecule is CC(C)N(C)CCNC(=O)Nc1ccc(Br)cc1C(=O)O. The molecule has 0 aliphatic heterocycles. The molecule has 2 amide bonds. The fourth-order valence-corrected chi connectivity index (χ4v) is 1.93. The van der Waals surface area contributed by atoms with Gasteiger partial charge in [-0.1, -0.05) is 15.9 Å². The summed E-state index contributed by atoms with van der Waals surface area (Å²) in [6.45, 7) is 5.35. The Bertz CT molecular complexity index is 520. The van der Waals surface area contributed by atoms with Crippen molar-refractivity contribution >= 4 is 33.6 Å². The van der Waals surface area contributed by atoms with Gasteiger partial charge in [0.2, 0.25) is 0 Å². The maximum Gasteiger partial charge on any atom is 0.337 e. The number of amides is 2. The number of carboxylic acid groups (broad SMARTS) is 1. The van der Waals surface area contributed by atoms with Crippen LogP contribution in [-0.4, -0.2) is 48.2 Å². The van der Waals surface area contributed by atoms with Gasteiger partial charge >= 0.3 is 12.0 Å². The van der Waals surface area contributed by atoms with Crippen molar-refractivity contribution in [1.29, 1.82) is 0 Å². The molecule has 0 fully saturated rings. The van der Waals surface area contributed by atoms with Gasteiger partial charge in [0, 0.05) is 23.6 Å². The maximum absolute atomic E-state index is 11.8. The second-order valence-corrected chi connectivity index (χ2v) is 5.87. The molecule has 0 spiro atoms. The largest absolute Gasteiger partial charge is 0.478 e. The van der Waals surface area contributed by atoms with Gasteiger partial charge in [0.05, 0.1) is 11.3 Å². The van der Waals surface area contributed by atoms with Crippen molar-refractivity contribution in [2.45, 2.75) is 19.9 Å². The number of hydrogen-bond acceptors (Lipinski definition) is 3. The Morgan fingerprint density at radius 1 is 1.38 bits per heavy atom. The molecule has 1 rings (SSSR count). The summed E-state index contributed by atoms with van der Waals surface area (Å²) in [5, 5.41) is 14.4. The number of aromatic carboxylic acids is 1. The highest BCUT2D eigenvalue weighted by molar-refractivity contribution is 9.10. The molecular formula is C14H20BrN3O3. The first-order chi connectivity index (χ1) is 9.81. The van der Waals surface area contributed by atoms with E-state index in [1.54, 1.807) is 12.1 Å². The van der Waals surface area contributed by atoms with Crippen molar-refractivity contribution in [3.8, 4) is 0 Å². The zero-order chi connectivity index (χ0) is 16.0. The predicted octanol–water partition coefficient (Wildman–Crippen LogP) is 2.61. The number of urea groups is 1. The molecule has 7 heteroatoms. The summed E-state index contributed by atoms with van der Waals surface area (Å²) in [5.41, 5.74) is 0.305. The minimum Gasteiger partial charge on any atom is -0.478 e. The molecule has 0 heterocycles. The van der Waals surface area contributed by atoms with E-state index in [-0.39, 0.29) is 11.3 Å². The molecule has 0 aliphatic carbocycles. The predicted molar refractivity (Wildman–Crippen MR) is 85.9 cm³/mol. The quantitative estimate of drug-likeness (QED) is 0.730. The monoisotopic (exact) mass is 357 g/mol. The Morgan fingerprint density at radius 2 is 2.05 bits per heavy atom. The van der Waals surface area contributed by atoms with Crippen molar-refractivity contribution in [2.24, 2.45) is 0 Å². The number of carboxylic acids is 1. The second-order valence-electron chi connectivity index (χ2n) is 4.95. The van der Waals surface area contributed by atoms with Gasteiger partial charge in [0.25, 0.3) is 0 Å². The number of nitrogens with one attached hydrogen (secondary N) is 2. The average molecular weight is 358 g/mol. The van der Waals surface area contributed by atoms with Gasteiger partial charge in [0.15, 0.2) is 0 Å². The van der Waals surface area contributed by atoms with Crippen LogP contribution in [0.15, 0.2) is 22.7 Å². The van der Waals surface area contributed by atoms with Gasteiger partial charge in [0.1, 0.15) is 0 Å². The minimum absolute atomic E-state index is 0.0406. The number of carbonyl (C=O) groups is 2. The van der Waals surface area contributed by atoms with E-state index in [0.29, 0.717) is 17.1 Å². The summed E-state index contributed by atoms with van der Waals surface area (Å²) < 4.78 is 0.643. The zero-order valence-corrected chi connectivity index (χ0v) is 13.9. The zero-order valence-electron chi connectivity index (χ0n) is 12.3. The normalized spacial score (nSPS) is 10.8. The molecule has 1 aromatic carbocycles. The molecule has 21 heavy (non-hydrogen) atoms. The number of benzene rings is 1. The van der Waals surface area contributed by atoms with Crippen LogP contribution in [-0.2, 0) is 0 Å². The molecule has 1 aromatic rings. The van der Waals surface area contributed by atoms with Gasteiger partial charge in [-0.3, -0.25) is 0 Å². The van der Waals surface area contributed by atoms with Crippen LogP contribution in [0, 0.1) is 0 Å². The minimum atomic E-state index is -1.09. The third kappa shape index (κ3) is 5.73. The first kappa shape index (κ1) is 17.5. The smallest absolute Gasteiger partial charge is 0.337 e. The number of carbonyl (C=O) groups excluding carboxylic acids is 1. The number of nitrogens with zero attached hydrogens (tertiary/aromatic N) is 1. The van der Waals surface area contributed by atoms with Crippen molar-refractivity contribution < 1.29 is 14.7 Å². The topological polar surface area (TPSA) is 81.7 Å². The fourth-order valence-electron chi connectivity index (χ4n) is 1.57. The molecule has 0 atom stereocenters. The summed E-state index contributed by atoms with van der Waals surface area (Å²) in [7, 11) is 1.97. The Balaban J connectivity index is 2.57. The first-order valence-corrected chi connectivity index (χ1v) is 7.38. The van der Waals surface area contributed by atoms with Gasteiger partial charge in [-0.05, 0) is 39.1 Å². The van der Waals surface area contributed by atoms with E-state index in [2.05, 4.69) is 45.3 Å². The van der Waals surface area contributed by atoms with Gasteiger partial charge < -0.3 is 20.6 Å². The number of rotatable bonds is 6. The number of halogens is 1. The summed E-state index contributed by atoms with van der Waals surface area (Å²) in [6, 6.07) is 4.66.